The van der Waals surface area contributed by atoms with Crippen LogP contribution in [0.4, 0.5) is 15.8 Å². The number of benzene rings is 3. The van der Waals surface area contributed by atoms with Gasteiger partial charge in [0.25, 0.3) is 11.8 Å². The van der Waals surface area contributed by atoms with Gasteiger partial charge in [-0.05, 0) is 48.5 Å². The Morgan fingerprint density at radius 3 is 2.21 bits per heavy atom. The van der Waals surface area contributed by atoms with Crippen molar-refractivity contribution >= 4 is 29.2 Å². The normalized spacial score (nSPS) is 11.3. The van der Waals surface area contributed by atoms with Crippen LogP contribution in [-0.2, 0) is 9.53 Å². The molecule has 0 saturated carbocycles. The first-order chi connectivity index (χ1) is 16.5. The predicted molar refractivity (Wildman–Crippen MR) is 123 cm³/mol. The largest absolute Gasteiger partial charge is 0.459 e. The SMILES string of the molecule is O=C(Nc1ccccc1C(=O)OC(C(=O)Nc1ccc(F)cc1)c1ccccc1)c1ccco1. The molecule has 7 nitrogen and oxygen atoms in total. The van der Waals surface area contributed by atoms with Gasteiger partial charge in [0.05, 0.1) is 17.5 Å². The maximum atomic E-state index is 13.2. The van der Waals surface area contributed by atoms with Crippen LogP contribution in [0.1, 0.15) is 32.6 Å². The van der Waals surface area contributed by atoms with Gasteiger partial charge in [-0.2, -0.15) is 0 Å². The van der Waals surface area contributed by atoms with Crippen molar-refractivity contribution in [3.63, 3.8) is 0 Å². The summed E-state index contributed by atoms with van der Waals surface area (Å²) in [7, 11) is 0. The number of esters is 1. The second kappa shape index (κ2) is 10.3. The summed E-state index contributed by atoms with van der Waals surface area (Å²) in [5.41, 5.74) is 1.03. The molecule has 0 aliphatic rings. The van der Waals surface area contributed by atoms with Crippen molar-refractivity contribution in [2.24, 2.45) is 0 Å². The molecule has 2 N–H and O–H groups in total. The summed E-state index contributed by atoms with van der Waals surface area (Å²) in [6, 6.07) is 23.0. The molecule has 4 aromatic rings. The minimum atomic E-state index is -1.30. The number of hydrogen-bond donors (Lipinski definition) is 2. The van der Waals surface area contributed by atoms with Crippen molar-refractivity contribution < 1.29 is 27.9 Å². The molecule has 0 aliphatic carbocycles. The molecule has 8 heteroatoms. The zero-order valence-corrected chi connectivity index (χ0v) is 17.7. The highest BCUT2D eigenvalue weighted by Gasteiger charge is 2.27. The number of carbonyl (C=O) groups is 3. The lowest BCUT2D eigenvalue weighted by Gasteiger charge is -2.19. The summed E-state index contributed by atoms with van der Waals surface area (Å²) >= 11 is 0. The first kappa shape index (κ1) is 22.5. The van der Waals surface area contributed by atoms with Gasteiger partial charge in [0, 0.05) is 11.3 Å². The number of para-hydroxylation sites is 1. The van der Waals surface area contributed by atoms with Crippen molar-refractivity contribution in [3.8, 4) is 0 Å². The van der Waals surface area contributed by atoms with Gasteiger partial charge in [0.2, 0.25) is 6.10 Å². The molecule has 0 fully saturated rings. The summed E-state index contributed by atoms with van der Waals surface area (Å²) in [6.45, 7) is 0. The number of amides is 2. The van der Waals surface area contributed by atoms with Gasteiger partial charge in [-0.1, -0.05) is 42.5 Å². The highest BCUT2D eigenvalue weighted by atomic mass is 19.1. The Kier molecular flexibility index (Phi) is 6.78. The lowest BCUT2D eigenvalue weighted by molar-refractivity contribution is -0.125. The maximum absolute atomic E-state index is 13.2. The van der Waals surface area contributed by atoms with Crippen LogP contribution in [0.5, 0.6) is 0 Å². The quantitative estimate of drug-likeness (QED) is 0.371. The lowest BCUT2D eigenvalue weighted by atomic mass is 10.1. The summed E-state index contributed by atoms with van der Waals surface area (Å²) in [5, 5.41) is 5.24. The van der Waals surface area contributed by atoms with E-state index in [1.165, 1.54) is 48.7 Å². The van der Waals surface area contributed by atoms with Crippen LogP contribution in [0.2, 0.25) is 0 Å². The van der Waals surface area contributed by atoms with Gasteiger partial charge in [0.1, 0.15) is 5.82 Å². The highest BCUT2D eigenvalue weighted by molar-refractivity contribution is 6.07. The summed E-state index contributed by atoms with van der Waals surface area (Å²) in [4.78, 5) is 38.5. The van der Waals surface area contributed by atoms with Crippen molar-refractivity contribution in [1.82, 2.24) is 0 Å². The fraction of sp³-hybridized carbons (Fsp3) is 0.0385. The molecule has 1 atom stereocenters. The van der Waals surface area contributed by atoms with E-state index in [4.69, 9.17) is 9.15 Å². The average molecular weight is 458 g/mol. The predicted octanol–water partition coefficient (Wildman–Crippen LogP) is 5.21. The smallest absolute Gasteiger partial charge is 0.341 e. The molecule has 170 valence electrons. The summed E-state index contributed by atoms with van der Waals surface area (Å²) in [6.07, 6.45) is 0.0619. The van der Waals surface area contributed by atoms with Crippen molar-refractivity contribution in [3.05, 3.63) is 120 Å². The number of halogens is 1. The molecule has 0 saturated heterocycles. The van der Waals surface area contributed by atoms with E-state index in [0.29, 0.717) is 11.3 Å². The number of ether oxygens (including phenoxy) is 1. The maximum Gasteiger partial charge on any atom is 0.341 e. The van der Waals surface area contributed by atoms with Gasteiger partial charge in [0.15, 0.2) is 5.76 Å². The molecule has 0 bridgehead atoms. The average Bonchev–Trinajstić information content (AvgIpc) is 3.40. The van der Waals surface area contributed by atoms with E-state index in [1.54, 1.807) is 48.5 Å². The molecule has 0 aliphatic heterocycles. The van der Waals surface area contributed by atoms with Gasteiger partial charge in [-0.15, -0.1) is 0 Å². The Morgan fingerprint density at radius 2 is 1.50 bits per heavy atom. The third-order valence-electron chi connectivity index (χ3n) is 4.82. The van der Waals surface area contributed by atoms with Crippen LogP contribution < -0.4 is 10.6 Å². The standard InChI is InChI=1S/C26H19FN2O5/c27-18-12-14-19(15-13-18)28-25(31)23(17-7-2-1-3-8-17)34-26(32)20-9-4-5-10-21(20)29-24(30)22-11-6-16-33-22/h1-16,23H,(H,28,31)(H,29,30). The molecule has 0 spiro atoms. The van der Waals surface area contributed by atoms with Gasteiger partial charge in [-0.3, -0.25) is 9.59 Å². The fourth-order valence-electron chi connectivity index (χ4n) is 3.17. The number of carbonyl (C=O) groups excluding carboxylic acids is 3. The molecule has 1 unspecified atom stereocenters. The first-order valence-electron chi connectivity index (χ1n) is 10.3. The van der Waals surface area contributed by atoms with E-state index in [9.17, 15) is 18.8 Å². The minimum Gasteiger partial charge on any atom is -0.459 e. The Bertz CT molecular complexity index is 1290. The third-order valence-corrected chi connectivity index (χ3v) is 4.82. The molecule has 0 radical (unpaired) electrons. The van der Waals surface area contributed by atoms with Crippen molar-refractivity contribution in [2.45, 2.75) is 6.10 Å². The fourth-order valence-corrected chi connectivity index (χ4v) is 3.17. The Hall–Kier alpha value is -4.72. The van der Waals surface area contributed by atoms with Crippen LogP contribution in [0, 0.1) is 5.82 Å². The van der Waals surface area contributed by atoms with Gasteiger partial charge >= 0.3 is 5.97 Å². The van der Waals surface area contributed by atoms with Crippen molar-refractivity contribution in [2.75, 3.05) is 10.6 Å². The second-order valence-electron chi connectivity index (χ2n) is 7.17. The molecule has 1 aromatic heterocycles. The van der Waals surface area contributed by atoms with E-state index < -0.39 is 29.7 Å². The number of furan rings is 1. The summed E-state index contributed by atoms with van der Waals surface area (Å²) in [5.74, 6) is -2.36. The first-order valence-corrected chi connectivity index (χ1v) is 10.3. The number of anilines is 2. The van der Waals surface area contributed by atoms with Crippen molar-refractivity contribution in [1.29, 1.82) is 0 Å². The summed E-state index contributed by atoms with van der Waals surface area (Å²) < 4.78 is 23.9. The Labute approximate surface area is 194 Å². The Morgan fingerprint density at radius 1 is 0.794 bits per heavy atom. The highest BCUT2D eigenvalue weighted by Crippen LogP contribution is 2.25. The molecule has 2 amide bonds. The molecular weight excluding hydrogens is 439 g/mol. The van der Waals surface area contributed by atoms with Gasteiger partial charge < -0.3 is 19.8 Å². The Balaban J connectivity index is 1.57. The minimum absolute atomic E-state index is 0.0536. The molecule has 4 rings (SSSR count). The second-order valence-corrected chi connectivity index (χ2v) is 7.17. The van der Waals surface area contributed by atoms with E-state index >= 15 is 0 Å². The molecular formula is C26H19FN2O5. The van der Waals surface area contributed by atoms with E-state index in [2.05, 4.69) is 10.6 Å². The zero-order chi connectivity index (χ0) is 23.9. The van der Waals surface area contributed by atoms with Crippen LogP contribution in [0.25, 0.3) is 0 Å². The zero-order valence-electron chi connectivity index (χ0n) is 17.7. The topological polar surface area (TPSA) is 97.6 Å². The van der Waals surface area contributed by atoms with Crippen LogP contribution >= 0.6 is 0 Å². The lowest BCUT2D eigenvalue weighted by Crippen LogP contribution is -2.26. The molecule has 3 aromatic carbocycles. The van der Waals surface area contributed by atoms with E-state index in [0.717, 1.165) is 0 Å². The molecule has 34 heavy (non-hydrogen) atoms. The number of rotatable bonds is 7. The van der Waals surface area contributed by atoms with E-state index in [-0.39, 0.29) is 17.0 Å². The third kappa shape index (κ3) is 5.36. The number of hydrogen-bond acceptors (Lipinski definition) is 5. The molecule has 1 heterocycles. The van der Waals surface area contributed by atoms with Crippen LogP contribution in [-0.4, -0.2) is 17.8 Å². The van der Waals surface area contributed by atoms with Gasteiger partial charge in [-0.25, -0.2) is 9.18 Å². The van der Waals surface area contributed by atoms with E-state index in [1.807, 2.05) is 0 Å². The van der Waals surface area contributed by atoms with Crippen LogP contribution in [0.3, 0.4) is 0 Å². The monoisotopic (exact) mass is 458 g/mol. The number of nitrogens with one attached hydrogen (secondary N) is 2. The van der Waals surface area contributed by atoms with Crippen LogP contribution in [0.15, 0.2) is 102 Å².